The van der Waals surface area contributed by atoms with Crippen LogP contribution in [0.15, 0.2) is 17.1 Å². The van der Waals surface area contributed by atoms with E-state index >= 15 is 0 Å². The van der Waals surface area contributed by atoms with Crippen LogP contribution in [0.25, 0.3) is 0 Å². The van der Waals surface area contributed by atoms with E-state index in [1.807, 2.05) is 0 Å². The lowest BCUT2D eigenvalue weighted by atomic mass is 10.0. The van der Waals surface area contributed by atoms with E-state index in [2.05, 4.69) is 5.43 Å². The van der Waals surface area contributed by atoms with E-state index in [0.29, 0.717) is 33.0 Å². The molecule has 10 nitrogen and oxygen atoms in total. The van der Waals surface area contributed by atoms with Crippen molar-refractivity contribution < 1.29 is 28.5 Å². The fourth-order valence-electron chi connectivity index (χ4n) is 3.39. The zero-order valence-corrected chi connectivity index (χ0v) is 14.7. The van der Waals surface area contributed by atoms with Crippen molar-refractivity contribution >= 4 is 12.1 Å². The first-order valence-electron chi connectivity index (χ1n) is 8.97. The smallest absolute Gasteiger partial charge is 0.434 e. The van der Waals surface area contributed by atoms with Crippen molar-refractivity contribution in [2.45, 2.75) is 19.0 Å². The van der Waals surface area contributed by atoms with Crippen molar-refractivity contribution in [2.75, 3.05) is 45.0 Å². The fraction of sp³-hybridized carbons (Fsp3) is 0.588. The number of hydrogen-bond acceptors (Lipinski definition) is 8. The van der Waals surface area contributed by atoms with E-state index in [9.17, 15) is 14.4 Å². The molecule has 0 aromatic carbocycles. The minimum absolute atomic E-state index is 0.0244. The standard InChI is InChI=1S/C17H21N3O7/c21-12-1-4-20-14(16(22)19-5-8-25-10-13(19)18-20)15(12)27-17(23)26-9-11-2-6-24-7-3-11/h1,4,11,13,18H,2-3,5-10H2/t13-/m0/s1. The van der Waals surface area contributed by atoms with Crippen molar-refractivity contribution in [2.24, 2.45) is 5.92 Å². The van der Waals surface area contributed by atoms with Gasteiger partial charge in [0.2, 0.25) is 11.2 Å². The summed E-state index contributed by atoms with van der Waals surface area (Å²) < 4.78 is 22.3. The molecule has 0 radical (unpaired) electrons. The van der Waals surface area contributed by atoms with Gasteiger partial charge in [-0.2, -0.15) is 0 Å². The Morgan fingerprint density at radius 1 is 1.22 bits per heavy atom. The maximum atomic E-state index is 12.8. The summed E-state index contributed by atoms with van der Waals surface area (Å²) >= 11 is 0. The molecule has 0 saturated carbocycles. The molecular formula is C17H21N3O7. The number of carbonyl (C=O) groups is 2. The number of aromatic nitrogens is 1. The van der Waals surface area contributed by atoms with Gasteiger partial charge in [-0.3, -0.25) is 14.3 Å². The lowest BCUT2D eigenvalue weighted by molar-refractivity contribution is -0.00336. The van der Waals surface area contributed by atoms with Gasteiger partial charge < -0.3 is 29.3 Å². The highest BCUT2D eigenvalue weighted by atomic mass is 16.7. The minimum atomic E-state index is -0.996. The van der Waals surface area contributed by atoms with Gasteiger partial charge in [0.1, 0.15) is 6.17 Å². The van der Waals surface area contributed by atoms with E-state index in [4.69, 9.17) is 18.9 Å². The lowest BCUT2D eigenvalue weighted by Crippen LogP contribution is -2.59. The molecule has 1 aromatic heterocycles. The first kappa shape index (κ1) is 17.8. The van der Waals surface area contributed by atoms with E-state index < -0.39 is 17.5 Å². The molecule has 27 heavy (non-hydrogen) atoms. The summed E-state index contributed by atoms with van der Waals surface area (Å²) in [6.45, 7) is 2.59. The Morgan fingerprint density at radius 2 is 2.04 bits per heavy atom. The summed E-state index contributed by atoms with van der Waals surface area (Å²) in [5.41, 5.74) is 2.48. The van der Waals surface area contributed by atoms with E-state index in [1.54, 1.807) is 4.90 Å². The molecule has 146 valence electrons. The van der Waals surface area contributed by atoms with Crippen molar-refractivity contribution in [1.29, 1.82) is 0 Å². The summed E-state index contributed by atoms with van der Waals surface area (Å²) in [4.78, 5) is 38.7. The molecule has 4 rings (SSSR count). The normalized spacial score (nSPS) is 22.4. The topological polar surface area (TPSA) is 108 Å². The highest BCUT2D eigenvalue weighted by Gasteiger charge is 2.37. The number of morpholine rings is 1. The highest BCUT2D eigenvalue weighted by molar-refractivity contribution is 5.97. The third-order valence-electron chi connectivity index (χ3n) is 4.90. The molecule has 0 aliphatic carbocycles. The van der Waals surface area contributed by atoms with Crippen LogP contribution in [0.4, 0.5) is 4.79 Å². The van der Waals surface area contributed by atoms with Gasteiger partial charge in [0.05, 0.1) is 19.8 Å². The minimum Gasteiger partial charge on any atom is -0.434 e. The maximum absolute atomic E-state index is 12.8. The van der Waals surface area contributed by atoms with Crippen molar-refractivity contribution in [1.82, 2.24) is 9.58 Å². The molecule has 1 amide bonds. The number of nitrogens with zero attached hydrogens (tertiary/aromatic N) is 2. The zero-order chi connectivity index (χ0) is 18.8. The average molecular weight is 379 g/mol. The molecule has 10 heteroatoms. The van der Waals surface area contributed by atoms with Gasteiger partial charge in [-0.25, -0.2) is 4.79 Å². The van der Waals surface area contributed by atoms with Crippen LogP contribution in [0.5, 0.6) is 5.75 Å². The fourth-order valence-corrected chi connectivity index (χ4v) is 3.39. The van der Waals surface area contributed by atoms with Crippen LogP contribution in [0, 0.1) is 5.92 Å². The second-order valence-electron chi connectivity index (χ2n) is 6.66. The molecule has 1 aromatic rings. The Labute approximate surface area is 154 Å². The Hall–Kier alpha value is -2.59. The average Bonchev–Trinajstić information content (AvgIpc) is 2.69. The molecular weight excluding hydrogens is 358 g/mol. The third-order valence-corrected chi connectivity index (χ3v) is 4.90. The predicted molar refractivity (Wildman–Crippen MR) is 91.2 cm³/mol. The van der Waals surface area contributed by atoms with Gasteiger partial charge in [-0.05, 0) is 18.8 Å². The summed E-state index contributed by atoms with van der Waals surface area (Å²) in [5.74, 6) is -0.529. The number of hydrogen-bond donors (Lipinski definition) is 1. The van der Waals surface area contributed by atoms with Crippen molar-refractivity contribution in [3.8, 4) is 5.75 Å². The molecule has 2 saturated heterocycles. The van der Waals surface area contributed by atoms with Crippen LogP contribution < -0.4 is 15.6 Å². The molecule has 3 aliphatic heterocycles. The summed E-state index contributed by atoms with van der Waals surface area (Å²) in [6, 6.07) is 1.23. The number of carbonyl (C=O) groups excluding carboxylic acids is 2. The molecule has 3 aliphatic rings. The SMILES string of the molecule is O=C(OCC1CCOCC1)Oc1c2n(ccc1=O)N[C@@H]1COCCN1C2=O. The zero-order valence-electron chi connectivity index (χ0n) is 14.7. The highest BCUT2D eigenvalue weighted by Crippen LogP contribution is 2.23. The Kier molecular flexibility index (Phi) is 4.99. The number of pyridine rings is 1. The van der Waals surface area contributed by atoms with Gasteiger partial charge in [-0.15, -0.1) is 0 Å². The van der Waals surface area contributed by atoms with Crippen LogP contribution in [-0.4, -0.2) is 67.4 Å². The monoisotopic (exact) mass is 379 g/mol. The first-order valence-corrected chi connectivity index (χ1v) is 8.97. The quantitative estimate of drug-likeness (QED) is 0.739. The number of nitrogens with one attached hydrogen (secondary N) is 1. The van der Waals surface area contributed by atoms with Gasteiger partial charge in [0.15, 0.2) is 5.69 Å². The Balaban J connectivity index is 1.50. The second kappa shape index (κ2) is 7.57. The largest absolute Gasteiger partial charge is 0.514 e. The van der Waals surface area contributed by atoms with Gasteiger partial charge in [0, 0.05) is 32.0 Å². The summed E-state index contributed by atoms with van der Waals surface area (Å²) in [7, 11) is 0. The first-order chi connectivity index (χ1) is 13.1. The summed E-state index contributed by atoms with van der Waals surface area (Å²) in [5, 5.41) is 0. The van der Waals surface area contributed by atoms with Gasteiger partial charge in [0.25, 0.3) is 5.91 Å². The number of amides is 1. The van der Waals surface area contributed by atoms with Crippen LogP contribution in [0.1, 0.15) is 23.3 Å². The maximum Gasteiger partial charge on any atom is 0.514 e. The molecule has 0 unspecified atom stereocenters. The van der Waals surface area contributed by atoms with Gasteiger partial charge in [-0.1, -0.05) is 0 Å². The molecule has 1 N–H and O–H groups in total. The number of fused-ring (bicyclic) bond motifs is 2. The predicted octanol–water partition coefficient (Wildman–Crippen LogP) is 0.146. The summed E-state index contributed by atoms with van der Waals surface area (Å²) in [6.07, 6.45) is 1.70. The van der Waals surface area contributed by atoms with Crippen LogP contribution in [0.3, 0.4) is 0 Å². The Bertz CT molecular complexity index is 787. The third kappa shape index (κ3) is 3.62. The Morgan fingerprint density at radius 3 is 2.85 bits per heavy atom. The van der Waals surface area contributed by atoms with E-state index in [0.717, 1.165) is 12.8 Å². The van der Waals surface area contributed by atoms with Crippen LogP contribution >= 0.6 is 0 Å². The lowest BCUT2D eigenvalue weighted by Gasteiger charge is -2.41. The molecule has 1 atom stereocenters. The van der Waals surface area contributed by atoms with Crippen molar-refractivity contribution in [3.05, 3.63) is 28.2 Å². The van der Waals surface area contributed by atoms with Crippen LogP contribution in [-0.2, 0) is 14.2 Å². The van der Waals surface area contributed by atoms with E-state index in [-0.39, 0.29) is 30.1 Å². The number of ether oxygens (including phenoxy) is 4. The van der Waals surface area contributed by atoms with Crippen molar-refractivity contribution in [3.63, 3.8) is 0 Å². The molecule has 0 spiro atoms. The van der Waals surface area contributed by atoms with Crippen LogP contribution in [0.2, 0.25) is 0 Å². The van der Waals surface area contributed by atoms with E-state index in [1.165, 1.54) is 16.9 Å². The van der Waals surface area contributed by atoms with Gasteiger partial charge >= 0.3 is 6.16 Å². The second-order valence-corrected chi connectivity index (χ2v) is 6.66. The molecule has 0 bridgehead atoms. The molecule has 2 fully saturated rings. The number of rotatable bonds is 3. The molecule has 4 heterocycles.